The summed E-state index contributed by atoms with van der Waals surface area (Å²) in [5.41, 5.74) is 1.13. The Labute approximate surface area is 203 Å². The Bertz CT molecular complexity index is 743. The Morgan fingerprint density at radius 1 is 1.13 bits per heavy atom. The van der Waals surface area contributed by atoms with Gasteiger partial charge >= 0.3 is 0 Å². The maximum atomic E-state index is 12.1. The molecule has 4 rings (SSSR count). The molecule has 0 bridgehead atoms. The Morgan fingerprint density at radius 3 is 2.55 bits per heavy atom. The van der Waals surface area contributed by atoms with E-state index in [-0.39, 0.29) is 29.9 Å². The molecule has 0 aromatic heterocycles. The van der Waals surface area contributed by atoms with E-state index in [1.165, 1.54) is 12.8 Å². The highest BCUT2D eigenvalue weighted by Crippen LogP contribution is 2.30. The molecular weight excluding hydrogens is 505 g/mol. The largest absolute Gasteiger partial charge is 0.493 e. The van der Waals surface area contributed by atoms with Gasteiger partial charge in [0.25, 0.3) is 0 Å². The van der Waals surface area contributed by atoms with E-state index in [9.17, 15) is 4.79 Å². The summed E-state index contributed by atoms with van der Waals surface area (Å²) in [6.45, 7) is 8.37. The number of nitrogens with one attached hydrogen (secondary N) is 2. The number of ether oxygens (including phenoxy) is 1. The molecule has 3 fully saturated rings. The number of halogens is 1. The zero-order valence-corrected chi connectivity index (χ0v) is 20.8. The van der Waals surface area contributed by atoms with E-state index >= 15 is 0 Å². The summed E-state index contributed by atoms with van der Waals surface area (Å²) >= 11 is 0. The average Bonchev–Trinajstić information content (AvgIpc) is 3.67. The van der Waals surface area contributed by atoms with Gasteiger partial charge in [0.2, 0.25) is 5.91 Å². The van der Waals surface area contributed by atoms with Crippen molar-refractivity contribution in [1.29, 1.82) is 0 Å². The minimum atomic E-state index is 0. The van der Waals surface area contributed by atoms with Crippen LogP contribution in [0.5, 0.6) is 5.75 Å². The number of amides is 1. The van der Waals surface area contributed by atoms with E-state index in [1.54, 1.807) is 0 Å². The van der Waals surface area contributed by atoms with Crippen molar-refractivity contribution in [3.8, 4) is 5.75 Å². The predicted octanol–water partition coefficient (Wildman–Crippen LogP) is 2.46. The van der Waals surface area contributed by atoms with E-state index in [0.29, 0.717) is 19.1 Å². The molecule has 172 valence electrons. The van der Waals surface area contributed by atoms with Gasteiger partial charge in [0.15, 0.2) is 5.96 Å². The lowest BCUT2D eigenvalue weighted by atomic mass is 10.2. The molecule has 1 aromatic carbocycles. The van der Waals surface area contributed by atoms with Crippen molar-refractivity contribution in [3.05, 3.63) is 29.8 Å². The van der Waals surface area contributed by atoms with Crippen LogP contribution in [-0.2, 0) is 11.3 Å². The first-order chi connectivity index (χ1) is 14.7. The Morgan fingerprint density at radius 2 is 1.87 bits per heavy atom. The van der Waals surface area contributed by atoms with Crippen molar-refractivity contribution in [2.24, 2.45) is 10.9 Å². The molecule has 1 aliphatic heterocycles. The third-order valence-electron chi connectivity index (χ3n) is 5.86. The number of piperazine rings is 1. The van der Waals surface area contributed by atoms with Gasteiger partial charge in [-0.1, -0.05) is 18.2 Å². The van der Waals surface area contributed by atoms with Crippen molar-refractivity contribution in [1.82, 2.24) is 20.4 Å². The highest BCUT2D eigenvalue weighted by atomic mass is 127. The van der Waals surface area contributed by atoms with Gasteiger partial charge in [0.1, 0.15) is 5.75 Å². The standard InChI is InChI=1S/C23H35N5O2.HI/c1-2-24-23(25-15-19-5-3-4-6-21(19)30-17-18-7-8-18)28-13-11-27(12-14-28)16-22(29)26-20-9-10-20;/h3-6,18,20H,2,7-17H2,1H3,(H,24,25)(H,26,29);1H. The molecule has 0 unspecified atom stereocenters. The first-order valence-corrected chi connectivity index (χ1v) is 11.5. The number of carbonyl (C=O) groups is 1. The zero-order valence-electron chi connectivity index (χ0n) is 18.5. The molecule has 7 nitrogen and oxygen atoms in total. The molecule has 31 heavy (non-hydrogen) atoms. The summed E-state index contributed by atoms with van der Waals surface area (Å²) in [6, 6.07) is 8.66. The second-order valence-electron chi connectivity index (χ2n) is 8.64. The van der Waals surface area contributed by atoms with E-state index < -0.39 is 0 Å². The summed E-state index contributed by atoms with van der Waals surface area (Å²) < 4.78 is 6.03. The summed E-state index contributed by atoms with van der Waals surface area (Å²) in [4.78, 5) is 21.5. The number of rotatable bonds is 9. The third-order valence-corrected chi connectivity index (χ3v) is 5.86. The molecule has 8 heteroatoms. The van der Waals surface area contributed by atoms with E-state index in [0.717, 1.165) is 75.4 Å². The Hall–Kier alpha value is -1.55. The highest BCUT2D eigenvalue weighted by Gasteiger charge is 2.26. The number of aliphatic imine (C=N–C) groups is 1. The molecule has 1 saturated heterocycles. The van der Waals surface area contributed by atoms with Gasteiger partial charge < -0.3 is 20.3 Å². The van der Waals surface area contributed by atoms with Gasteiger partial charge in [0, 0.05) is 44.3 Å². The maximum Gasteiger partial charge on any atom is 0.234 e. The van der Waals surface area contributed by atoms with Gasteiger partial charge in [-0.2, -0.15) is 0 Å². The number of para-hydroxylation sites is 1. The summed E-state index contributed by atoms with van der Waals surface area (Å²) in [5, 5.41) is 6.51. The fourth-order valence-corrected chi connectivity index (χ4v) is 3.68. The number of nitrogens with zero attached hydrogens (tertiary/aromatic N) is 3. The van der Waals surface area contributed by atoms with Crippen LogP contribution in [0, 0.1) is 5.92 Å². The molecule has 2 aliphatic carbocycles. The SMILES string of the molecule is CCNC(=NCc1ccccc1OCC1CC1)N1CCN(CC(=O)NC2CC2)CC1.I. The number of hydrogen-bond donors (Lipinski definition) is 2. The first-order valence-electron chi connectivity index (χ1n) is 11.5. The van der Waals surface area contributed by atoms with E-state index in [2.05, 4.69) is 33.4 Å². The lowest BCUT2D eigenvalue weighted by molar-refractivity contribution is -0.122. The van der Waals surface area contributed by atoms with Crippen LogP contribution in [0.2, 0.25) is 0 Å². The van der Waals surface area contributed by atoms with Gasteiger partial charge in [-0.15, -0.1) is 24.0 Å². The molecule has 2 saturated carbocycles. The number of hydrogen-bond acceptors (Lipinski definition) is 4. The summed E-state index contributed by atoms with van der Waals surface area (Å²) in [6.07, 6.45) is 4.85. The van der Waals surface area contributed by atoms with Crippen molar-refractivity contribution >= 4 is 35.8 Å². The van der Waals surface area contributed by atoms with Gasteiger partial charge in [-0.3, -0.25) is 9.69 Å². The molecule has 0 radical (unpaired) electrons. The van der Waals surface area contributed by atoms with Crippen molar-refractivity contribution in [3.63, 3.8) is 0 Å². The average molecular weight is 541 g/mol. The molecule has 3 aliphatic rings. The van der Waals surface area contributed by atoms with Crippen molar-refractivity contribution < 1.29 is 9.53 Å². The molecule has 1 heterocycles. The van der Waals surface area contributed by atoms with Crippen LogP contribution < -0.4 is 15.4 Å². The Balaban J connectivity index is 0.00000272. The Kier molecular flexibility index (Phi) is 9.25. The monoisotopic (exact) mass is 541 g/mol. The number of guanidine groups is 1. The normalized spacial score (nSPS) is 19.5. The topological polar surface area (TPSA) is 69.2 Å². The van der Waals surface area contributed by atoms with Crippen LogP contribution in [0.15, 0.2) is 29.3 Å². The van der Waals surface area contributed by atoms with E-state index in [1.807, 2.05) is 18.2 Å². The molecule has 0 spiro atoms. The summed E-state index contributed by atoms with van der Waals surface area (Å²) in [7, 11) is 0. The first kappa shape index (κ1) is 24.1. The zero-order chi connectivity index (χ0) is 20.8. The van der Waals surface area contributed by atoms with Crippen molar-refractivity contribution in [2.75, 3.05) is 45.9 Å². The number of benzene rings is 1. The van der Waals surface area contributed by atoms with Crippen LogP contribution in [0.3, 0.4) is 0 Å². The lowest BCUT2D eigenvalue weighted by Gasteiger charge is -2.36. The fourth-order valence-electron chi connectivity index (χ4n) is 3.68. The molecule has 1 amide bonds. The second-order valence-corrected chi connectivity index (χ2v) is 8.64. The van der Waals surface area contributed by atoms with Crippen molar-refractivity contribution in [2.45, 2.75) is 45.2 Å². The van der Waals surface area contributed by atoms with Crippen LogP contribution in [0.25, 0.3) is 0 Å². The minimum absolute atomic E-state index is 0. The molecular formula is C23H36IN5O2. The molecule has 2 N–H and O–H groups in total. The maximum absolute atomic E-state index is 12.1. The fraction of sp³-hybridized carbons (Fsp3) is 0.652. The van der Waals surface area contributed by atoms with Crippen LogP contribution in [0.1, 0.15) is 38.2 Å². The highest BCUT2D eigenvalue weighted by molar-refractivity contribution is 14.0. The second kappa shape index (κ2) is 11.9. The van der Waals surface area contributed by atoms with Crippen LogP contribution in [0.4, 0.5) is 0 Å². The van der Waals surface area contributed by atoms with Crippen LogP contribution in [-0.4, -0.2) is 73.6 Å². The molecule has 1 aromatic rings. The molecule has 0 atom stereocenters. The summed E-state index contributed by atoms with van der Waals surface area (Å²) in [5.74, 6) is 2.79. The van der Waals surface area contributed by atoms with Gasteiger partial charge in [-0.05, 0) is 44.6 Å². The quantitative estimate of drug-likeness (QED) is 0.286. The van der Waals surface area contributed by atoms with Gasteiger partial charge in [-0.25, -0.2) is 4.99 Å². The van der Waals surface area contributed by atoms with Gasteiger partial charge in [0.05, 0.1) is 19.7 Å². The predicted molar refractivity (Wildman–Crippen MR) is 134 cm³/mol. The lowest BCUT2D eigenvalue weighted by Crippen LogP contribution is -2.54. The van der Waals surface area contributed by atoms with E-state index in [4.69, 9.17) is 9.73 Å². The third kappa shape index (κ3) is 7.82. The number of carbonyl (C=O) groups excluding carboxylic acids is 1. The minimum Gasteiger partial charge on any atom is -0.493 e. The van der Waals surface area contributed by atoms with Crippen LogP contribution >= 0.6 is 24.0 Å². The smallest absolute Gasteiger partial charge is 0.234 e.